The predicted octanol–water partition coefficient (Wildman–Crippen LogP) is 4.06. The van der Waals surface area contributed by atoms with Gasteiger partial charge in [-0.05, 0) is 48.4 Å². The van der Waals surface area contributed by atoms with Crippen LogP contribution in [0.3, 0.4) is 0 Å². The molecule has 6 heteroatoms. The van der Waals surface area contributed by atoms with E-state index >= 15 is 0 Å². The summed E-state index contributed by atoms with van der Waals surface area (Å²) < 4.78 is 7.11. The second-order valence-electron chi connectivity index (χ2n) is 5.86. The first-order chi connectivity index (χ1) is 12.7. The minimum Gasteiger partial charge on any atom is -0.495 e. The number of carbonyl (C=O) groups excluding carboxylic acids is 1. The van der Waals surface area contributed by atoms with Gasteiger partial charge in [-0.2, -0.15) is 5.10 Å². The number of hydrogen-bond donors (Lipinski definition) is 1. The van der Waals surface area contributed by atoms with Crippen molar-refractivity contribution in [3.63, 3.8) is 0 Å². The second-order valence-corrected chi connectivity index (χ2v) is 6.85. The molecule has 3 rings (SSSR count). The van der Waals surface area contributed by atoms with Gasteiger partial charge in [-0.3, -0.25) is 4.79 Å². The third-order valence-electron chi connectivity index (χ3n) is 3.84. The van der Waals surface area contributed by atoms with Gasteiger partial charge < -0.3 is 10.1 Å². The first-order valence-corrected chi connectivity index (χ1v) is 9.42. The second kappa shape index (κ2) is 8.58. The maximum atomic E-state index is 12.2. The molecule has 0 radical (unpaired) electrons. The van der Waals surface area contributed by atoms with E-state index in [4.69, 9.17) is 4.74 Å². The van der Waals surface area contributed by atoms with Crippen LogP contribution >= 0.6 is 11.8 Å². The number of nitrogens with one attached hydrogen (secondary N) is 1. The molecular formula is C20H21N3O2S. The molecule has 5 nitrogen and oxygen atoms in total. The summed E-state index contributed by atoms with van der Waals surface area (Å²) in [6, 6.07) is 15.8. The van der Waals surface area contributed by atoms with Crippen molar-refractivity contribution >= 4 is 23.4 Å². The number of aryl methyl sites for hydroxylation is 1. The number of carbonyl (C=O) groups is 1. The maximum absolute atomic E-state index is 12.2. The minimum atomic E-state index is -0.0351. The normalized spacial score (nSPS) is 10.5. The highest BCUT2D eigenvalue weighted by Gasteiger charge is 2.08. The molecule has 0 atom stereocenters. The van der Waals surface area contributed by atoms with E-state index in [1.807, 2.05) is 54.2 Å². The van der Waals surface area contributed by atoms with Gasteiger partial charge in [0.1, 0.15) is 5.75 Å². The molecule has 0 bridgehead atoms. The van der Waals surface area contributed by atoms with Crippen LogP contribution in [0.2, 0.25) is 0 Å². The fourth-order valence-corrected chi connectivity index (χ4v) is 3.32. The highest BCUT2D eigenvalue weighted by Crippen LogP contribution is 2.25. The topological polar surface area (TPSA) is 56.1 Å². The van der Waals surface area contributed by atoms with Gasteiger partial charge in [-0.15, -0.1) is 11.8 Å². The number of hydrogen-bond acceptors (Lipinski definition) is 4. The Labute approximate surface area is 157 Å². The monoisotopic (exact) mass is 367 g/mol. The van der Waals surface area contributed by atoms with Gasteiger partial charge in [0.2, 0.25) is 5.91 Å². The smallest absolute Gasteiger partial charge is 0.234 e. The van der Waals surface area contributed by atoms with Crippen LogP contribution in [-0.2, 0) is 10.5 Å². The van der Waals surface area contributed by atoms with Crippen LogP contribution in [0.4, 0.5) is 5.69 Å². The first kappa shape index (κ1) is 18.1. The summed E-state index contributed by atoms with van der Waals surface area (Å²) in [5.41, 5.74) is 3.98. The van der Waals surface area contributed by atoms with Crippen molar-refractivity contribution in [2.45, 2.75) is 12.7 Å². The van der Waals surface area contributed by atoms with Crippen LogP contribution in [0, 0.1) is 6.92 Å². The Bertz CT molecular complexity index is 861. The van der Waals surface area contributed by atoms with Crippen LogP contribution < -0.4 is 10.1 Å². The predicted molar refractivity (Wildman–Crippen MR) is 106 cm³/mol. The zero-order chi connectivity index (χ0) is 18.4. The van der Waals surface area contributed by atoms with Crippen LogP contribution in [0.5, 0.6) is 5.75 Å². The van der Waals surface area contributed by atoms with Crippen LogP contribution in [0.15, 0.2) is 60.9 Å². The molecule has 134 valence electrons. The SMILES string of the molecule is COc1ccc(C)cc1NC(=O)CSCc1ccc(-n2cccn2)cc1. The Balaban J connectivity index is 1.50. The van der Waals surface area contributed by atoms with Gasteiger partial charge in [0.25, 0.3) is 0 Å². The zero-order valence-electron chi connectivity index (χ0n) is 14.8. The van der Waals surface area contributed by atoms with E-state index in [-0.39, 0.29) is 5.91 Å². The van der Waals surface area contributed by atoms with E-state index < -0.39 is 0 Å². The number of methoxy groups -OCH3 is 1. The van der Waals surface area contributed by atoms with E-state index in [9.17, 15) is 4.79 Å². The molecule has 3 aromatic rings. The van der Waals surface area contributed by atoms with Crippen molar-refractivity contribution in [1.82, 2.24) is 9.78 Å². The largest absolute Gasteiger partial charge is 0.495 e. The van der Waals surface area contributed by atoms with Crippen molar-refractivity contribution in [2.24, 2.45) is 0 Å². The van der Waals surface area contributed by atoms with Gasteiger partial charge in [0.15, 0.2) is 0 Å². The van der Waals surface area contributed by atoms with E-state index in [2.05, 4.69) is 22.5 Å². The van der Waals surface area contributed by atoms with E-state index in [1.165, 1.54) is 5.56 Å². The molecule has 0 aliphatic heterocycles. The first-order valence-electron chi connectivity index (χ1n) is 8.27. The molecule has 1 heterocycles. The maximum Gasteiger partial charge on any atom is 0.234 e. The standard InChI is InChI=1S/C20H21N3O2S/c1-15-4-9-19(25-2)18(12-15)22-20(24)14-26-13-16-5-7-17(8-6-16)23-11-3-10-21-23/h3-12H,13-14H2,1-2H3,(H,22,24). The van der Waals surface area contributed by atoms with Crippen molar-refractivity contribution in [3.8, 4) is 11.4 Å². The molecule has 1 N–H and O–H groups in total. The lowest BCUT2D eigenvalue weighted by Crippen LogP contribution is -2.15. The van der Waals surface area contributed by atoms with Gasteiger partial charge in [0, 0.05) is 18.1 Å². The average Bonchev–Trinajstić information content (AvgIpc) is 3.17. The molecule has 26 heavy (non-hydrogen) atoms. The molecule has 1 amide bonds. The van der Waals surface area contributed by atoms with Crippen LogP contribution in [0.1, 0.15) is 11.1 Å². The van der Waals surface area contributed by atoms with Crippen LogP contribution in [-0.4, -0.2) is 28.6 Å². The molecule has 0 aliphatic carbocycles. The third kappa shape index (κ3) is 4.67. The minimum absolute atomic E-state index is 0.0351. The fraction of sp³-hybridized carbons (Fsp3) is 0.200. The molecule has 0 aliphatic rings. The summed E-state index contributed by atoms with van der Waals surface area (Å²) in [4.78, 5) is 12.2. The number of thioether (sulfide) groups is 1. The van der Waals surface area contributed by atoms with Gasteiger partial charge >= 0.3 is 0 Å². The number of nitrogens with zero attached hydrogens (tertiary/aromatic N) is 2. The summed E-state index contributed by atoms with van der Waals surface area (Å²) in [6.45, 7) is 1.98. The van der Waals surface area contributed by atoms with Gasteiger partial charge in [0.05, 0.1) is 24.2 Å². The van der Waals surface area contributed by atoms with E-state index in [1.54, 1.807) is 25.1 Å². The number of anilines is 1. The molecule has 0 saturated heterocycles. The molecular weight excluding hydrogens is 346 g/mol. The number of ether oxygens (including phenoxy) is 1. The summed E-state index contributed by atoms with van der Waals surface area (Å²) in [5.74, 6) is 1.80. The number of amides is 1. The van der Waals surface area contributed by atoms with Gasteiger partial charge in [-0.1, -0.05) is 18.2 Å². The Morgan fingerprint density at radius 3 is 2.73 bits per heavy atom. The number of rotatable bonds is 7. The highest BCUT2D eigenvalue weighted by atomic mass is 32.2. The Morgan fingerprint density at radius 1 is 1.23 bits per heavy atom. The Kier molecular flexibility index (Phi) is 5.96. The summed E-state index contributed by atoms with van der Waals surface area (Å²) >= 11 is 1.58. The molecule has 2 aromatic carbocycles. The summed E-state index contributed by atoms with van der Waals surface area (Å²) in [7, 11) is 1.60. The average molecular weight is 367 g/mol. The Morgan fingerprint density at radius 2 is 2.04 bits per heavy atom. The Hall–Kier alpha value is -2.73. The molecule has 0 saturated carbocycles. The number of aromatic nitrogens is 2. The zero-order valence-corrected chi connectivity index (χ0v) is 15.6. The molecule has 0 unspecified atom stereocenters. The van der Waals surface area contributed by atoms with Crippen molar-refractivity contribution in [3.05, 3.63) is 72.1 Å². The summed E-state index contributed by atoms with van der Waals surface area (Å²) in [5, 5.41) is 7.13. The van der Waals surface area contributed by atoms with Gasteiger partial charge in [-0.25, -0.2) is 4.68 Å². The lowest BCUT2D eigenvalue weighted by atomic mass is 10.2. The van der Waals surface area contributed by atoms with E-state index in [0.29, 0.717) is 17.2 Å². The molecule has 0 spiro atoms. The third-order valence-corrected chi connectivity index (χ3v) is 4.84. The molecule has 0 fully saturated rings. The van der Waals surface area contributed by atoms with Crippen molar-refractivity contribution < 1.29 is 9.53 Å². The fourth-order valence-electron chi connectivity index (χ4n) is 2.53. The van der Waals surface area contributed by atoms with Crippen molar-refractivity contribution in [1.29, 1.82) is 0 Å². The highest BCUT2D eigenvalue weighted by molar-refractivity contribution is 7.99. The van der Waals surface area contributed by atoms with Crippen LogP contribution in [0.25, 0.3) is 5.69 Å². The lowest BCUT2D eigenvalue weighted by molar-refractivity contribution is -0.113. The molecule has 1 aromatic heterocycles. The van der Waals surface area contributed by atoms with E-state index in [0.717, 1.165) is 17.0 Å². The lowest BCUT2D eigenvalue weighted by Gasteiger charge is -2.11. The quantitative estimate of drug-likeness (QED) is 0.684. The summed E-state index contributed by atoms with van der Waals surface area (Å²) in [6.07, 6.45) is 3.67. The number of benzene rings is 2. The van der Waals surface area contributed by atoms with Crippen molar-refractivity contribution in [2.75, 3.05) is 18.2 Å².